The van der Waals surface area contributed by atoms with Crippen LogP contribution in [0.1, 0.15) is 18.9 Å². The van der Waals surface area contributed by atoms with Gasteiger partial charge in [-0.25, -0.2) is 4.39 Å². The first-order valence-corrected chi connectivity index (χ1v) is 4.45. The highest BCUT2D eigenvalue weighted by atomic mass is 19.1. The fraction of sp³-hybridized carbons (Fsp3) is 0.200. The summed E-state index contributed by atoms with van der Waals surface area (Å²) in [5, 5.41) is 12.7. The molecule has 0 aliphatic rings. The number of benzene rings is 1. The zero-order valence-electron chi connectivity index (χ0n) is 8.01. The normalized spacial score (nSPS) is 12.7. The second kappa shape index (κ2) is 3.78. The number of nitrogens with zero attached hydrogens (tertiary/aromatic N) is 2. The lowest BCUT2D eigenvalue weighted by atomic mass is 10.2. The molecule has 2 aromatic rings. The summed E-state index contributed by atoms with van der Waals surface area (Å²) in [5.74, 6) is -0.212. The van der Waals surface area contributed by atoms with Crippen molar-refractivity contribution in [3.63, 3.8) is 0 Å². The van der Waals surface area contributed by atoms with Gasteiger partial charge in [0.2, 0.25) is 0 Å². The van der Waals surface area contributed by atoms with Crippen LogP contribution in [0.5, 0.6) is 0 Å². The molecule has 0 aliphatic carbocycles. The first-order valence-electron chi connectivity index (χ1n) is 4.45. The minimum atomic E-state index is -0.825. The summed E-state index contributed by atoms with van der Waals surface area (Å²) in [6, 6.07) is 6.09. The van der Waals surface area contributed by atoms with Crippen LogP contribution in [0.4, 0.5) is 4.39 Å². The molecule has 0 radical (unpaired) electrons. The first-order chi connectivity index (χ1) is 7.18. The number of aromatic nitrogens is 2. The van der Waals surface area contributed by atoms with Gasteiger partial charge < -0.3 is 9.63 Å². The van der Waals surface area contributed by atoms with Gasteiger partial charge in [0.15, 0.2) is 5.82 Å². The SMILES string of the molecule is CC(O)c1noc(-c2ccccc2F)n1. The predicted molar refractivity (Wildman–Crippen MR) is 50.3 cm³/mol. The van der Waals surface area contributed by atoms with Gasteiger partial charge >= 0.3 is 0 Å². The van der Waals surface area contributed by atoms with Crippen LogP contribution in [0.3, 0.4) is 0 Å². The maximum atomic E-state index is 13.3. The molecule has 1 heterocycles. The van der Waals surface area contributed by atoms with Crippen LogP contribution in [-0.2, 0) is 0 Å². The van der Waals surface area contributed by atoms with E-state index in [1.54, 1.807) is 12.1 Å². The lowest BCUT2D eigenvalue weighted by Gasteiger charge is -1.95. The van der Waals surface area contributed by atoms with Gasteiger partial charge in [0, 0.05) is 0 Å². The van der Waals surface area contributed by atoms with Crippen LogP contribution >= 0.6 is 0 Å². The van der Waals surface area contributed by atoms with Gasteiger partial charge in [-0.1, -0.05) is 17.3 Å². The third kappa shape index (κ3) is 1.87. The Morgan fingerprint density at radius 3 is 2.73 bits per heavy atom. The highest BCUT2D eigenvalue weighted by molar-refractivity contribution is 5.53. The van der Waals surface area contributed by atoms with E-state index in [0.29, 0.717) is 0 Å². The van der Waals surface area contributed by atoms with Crippen LogP contribution in [-0.4, -0.2) is 15.2 Å². The molecule has 1 N–H and O–H groups in total. The highest BCUT2D eigenvalue weighted by Gasteiger charge is 2.14. The second-order valence-corrected chi connectivity index (χ2v) is 3.11. The Kier molecular flexibility index (Phi) is 2.47. The lowest BCUT2D eigenvalue weighted by molar-refractivity contribution is 0.184. The Morgan fingerprint density at radius 2 is 2.13 bits per heavy atom. The van der Waals surface area contributed by atoms with Crippen molar-refractivity contribution in [1.82, 2.24) is 10.1 Å². The van der Waals surface area contributed by atoms with Crippen molar-refractivity contribution in [2.75, 3.05) is 0 Å². The highest BCUT2D eigenvalue weighted by Crippen LogP contribution is 2.21. The van der Waals surface area contributed by atoms with Crippen molar-refractivity contribution in [2.24, 2.45) is 0 Å². The van der Waals surface area contributed by atoms with E-state index < -0.39 is 11.9 Å². The zero-order chi connectivity index (χ0) is 10.8. The molecule has 0 aliphatic heterocycles. The number of aliphatic hydroxyl groups excluding tert-OH is 1. The molecule has 1 aromatic carbocycles. The number of hydrogen-bond donors (Lipinski definition) is 1. The molecule has 1 unspecified atom stereocenters. The number of rotatable bonds is 2. The fourth-order valence-electron chi connectivity index (χ4n) is 1.15. The predicted octanol–water partition coefficient (Wildman–Crippen LogP) is 1.93. The molecule has 0 amide bonds. The Labute approximate surface area is 85.4 Å². The Hall–Kier alpha value is -1.75. The minimum Gasteiger partial charge on any atom is -0.385 e. The first kappa shape index (κ1) is 9.79. The molecule has 15 heavy (non-hydrogen) atoms. The van der Waals surface area contributed by atoms with Crippen molar-refractivity contribution in [1.29, 1.82) is 0 Å². The van der Waals surface area contributed by atoms with Crippen LogP contribution < -0.4 is 0 Å². The van der Waals surface area contributed by atoms with Crippen molar-refractivity contribution < 1.29 is 14.0 Å². The molecular formula is C10H9FN2O2. The third-order valence-corrected chi connectivity index (χ3v) is 1.92. The molecule has 0 saturated heterocycles. The monoisotopic (exact) mass is 208 g/mol. The molecule has 0 bridgehead atoms. The molecule has 1 aromatic heterocycles. The Morgan fingerprint density at radius 1 is 1.40 bits per heavy atom. The van der Waals surface area contributed by atoms with E-state index in [4.69, 9.17) is 4.52 Å². The van der Waals surface area contributed by atoms with Crippen LogP contribution in [0.2, 0.25) is 0 Å². The molecule has 1 atom stereocenters. The summed E-state index contributed by atoms with van der Waals surface area (Å²) in [6.07, 6.45) is -0.825. The van der Waals surface area contributed by atoms with Gasteiger partial charge in [-0.3, -0.25) is 0 Å². The van der Waals surface area contributed by atoms with Gasteiger partial charge in [0.05, 0.1) is 5.56 Å². The topological polar surface area (TPSA) is 59.2 Å². The van der Waals surface area contributed by atoms with Crippen molar-refractivity contribution in [3.05, 3.63) is 35.9 Å². The average molecular weight is 208 g/mol. The van der Waals surface area contributed by atoms with E-state index in [9.17, 15) is 9.50 Å². The quantitative estimate of drug-likeness (QED) is 0.819. The van der Waals surface area contributed by atoms with E-state index >= 15 is 0 Å². The Bertz CT molecular complexity index is 468. The molecule has 0 spiro atoms. The summed E-state index contributed by atoms with van der Waals surface area (Å²) in [5.41, 5.74) is 0.233. The van der Waals surface area contributed by atoms with E-state index in [1.807, 2.05) is 0 Å². The van der Waals surface area contributed by atoms with E-state index in [0.717, 1.165) is 0 Å². The number of hydrogen-bond acceptors (Lipinski definition) is 4. The molecule has 4 nitrogen and oxygen atoms in total. The third-order valence-electron chi connectivity index (χ3n) is 1.92. The molecule has 5 heteroatoms. The minimum absolute atomic E-state index is 0.0731. The van der Waals surface area contributed by atoms with E-state index in [1.165, 1.54) is 19.1 Å². The van der Waals surface area contributed by atoms with Gasteiger partial charge in [-0.15, -0.1) is 0 Å². The van der Waals surface area contributed by atoms with Crippen molar-refractivity contribution in [2.45, 2.75) is 13.0 Å². The van der Waals surface area contributed by atoms with Crippen molar-refractivity contribution >= 4 is 0 Å². The summed E-state index contributed by atoms with van der Waals surface area (Å²) < 4.78 is 18.1. The van der Waals surface area contributed by atoms with Gasteiger partial charge in [0.1, 0.15) is 11.9 Å². The summed E-state index contributed by atoms with van der Waals surface area (Å²) in [6.45, 7) is 1.51. The molecule has 2 rings (SSSR count). The smallest absolute Gasteiger partial charge is 0.260 e. The summed E-state index contributed by atoms with van der Waals surface area (Å²) in [4.78, 5) is 3.87. The fourth-order valence-corrected chi connectivity index (χ4v) is 1.15. The Balaban J connectivity index is 2.42. The van der Waals surface area contributed by atoms with E-state index in [2.05, 4.69) is 10.1 Å². The summed E-state index contributed by atoms with van der Waals surface area (Å²) in [7, 11) is 0. The largest absolute Gasteiger partial charge is 0.385 e. The van der Waals surface area contributed by atoms with Crippen LogP contribution in [0.25, 0.3) is 11.5 Å². The summed E-state index contributed by atoms with van der Waals surface area (Å²) >= 11 is 0. The molecular weight excluding hydrogens is 199 g/mol. The molecule has 78 valence electrons. The van der Waals surface area contributed by atoms with Gasteiger partial charge in [0.25, 0.3) is 5.89 Å². The number of halogens is 1. The zero-order valence-corrected chi connectivity index (χ0v) is 8.01. The van der Waals surface area contributed by atoms with Gasteiger partial charge in [-0.2, -0.15) is 4.98 Å². The van der Waals surface area contributed by atoms with E-state index in [-0.39, 0.29) is 17.3 Å². The maximum absolute atomic E-state index is 13.3. The van der Waals surface area contributed by atoms with Crippen LogP contribution in [0, 0.1) is 5.82 Å². The number of aliphatic hydroxyl groups is 1. The second-order valence-electron chi connectivity index (χ2n) is 3.11. The molecule has 0 fully saturated rings. The average Bonchev–Trinajstić information content (AvgIpc) is 2.67. The van der Waals surface area contributed by atoms with Crippen LogP contribution in [0.15, 0.2) is 28.8 Å². The van der Waals surface area contributed by atoms with Crippen molar-refractivity contribution in [3.8, 4) is 11.5 Å². The van der Waals surface area contributed by atoms with Gasteiger partial charge in [-0.05, 0) is 19.1 Å². The lowest BCUT2D eigenvalue weighted by Crippen LogP contribution is -1.93. The molecule has 0 saturated carbocycles. The standard InChI is InChI=1S/C10H9FN2O2/c1-6(14)9-12-10(15-13-9)7-4-2-3-5-8(7)11/h2-6,14H,1H3. The maximum Gasteiger partial charge on any atom is 0.260 e.